The Labute approximate surface area is 161 Å². The number of amides is 1. The fourth-order valence-electron chi connectivity index (χ4n) is 2.76. The van der Waals surface area contributed by atoms with Gasteiger partial charge in [-0.1, -0.05) is 29.8 Å². The van der Waals surface area contributed by atoms with Crippen LogP contribution >= 0.6 is 0 Å². The van der Waals surface area contributed by atoms with E-state index in [4.69, 9.17) is 9.15 Å². The molecule has 0 bridgehead atoms. The van der Waals surface area contributed by atoms with Gasteiger partial charge in [-0.15, -0.1) is 0 Å². The van der Waals surface area contributed by atoms with Crippen molar-refractivity contribution in [2.75, 3.05) is 5.32 Å². The van der Waals surface area contributed by atoms with Crippen LogP contribution in [0.25, 0.3) is 11.0 Å². The zero-order valence-electron chi connectivity index (χ0n) is 15.1. The number of carbonyl (C=O) groups is 1. The van der Waals surface area contributed by atoms with Crippen LogP contribution in [0.1, 0.15) is 16.1 Å². The highest BCUT2D eigenvalue weighted by Crippen LogP contribution is 2.23. The third kappa shape index (κ3) is 3.78. The molecule has 5 nitrogen and oxygen atoms in total. The van der Waals surface area contributed by atoms with Gasteiger partial charge in [-0.3, -0.25) is 9.59 Å². The molecule has 138 valence electrons. The Hall–Kier alpha value is -3.86. The minimum Gasteiger partial charge on any atom is -0.457 e. The summed E-state index contributed by atoms with van der Waals surface area (Å²) in [5.41, 5.74) is 1.85. The lowest BCUT2D eigenvalue weighted by atomic mass is 10.2. The number of hydrogen-bond acceptors (Lipinski definition) is 4. The molecule has 4 aromatic rings. The van der Waals surface area contributed by atoms with Crippen molar-refractivity contribution in [3.63, 3.8) is 0 Å². The van der Waals surface area contributed by atoms with E-state index >= 15 is 0 Å². The second kappa shape index (κ2) is 7.40. The summed E-state index contributed by atoms with van der Waals surface area (Å²) < 4.78 is 11.3. The van der Waals surface area contributed by atoms with Crippen molar-refractivity contribution in [3.8, 4) is 11.5 Å². The van der Waals surface area contributed by atoms with E-state index in [0.717, 1.165) is 11.3 Å². The molecule has 0 unspecified atom stereocenters. The Morgan fingerprint density at radius 1 is 0.893 bits per heavy atom. The Kier molecular flexibility index (Phi) is 4.64. The highest BCUT2D eigenvalue weighted by Gasteiger charge is 2.12. The van der Waals surface area contributed by atoms with E-state index in [1.54, 1.807) is 48.5 Å². The van der Waals surface area contributed by atoms with Crippen LogP contribution in [0, 0.1) is 6.92 Å². The van der Waals surface area contributed by atoms with Gasteiger partial charge >= 0.3 is 0 Å². The molecule has 3 aromatic carbocycles. The predicted octanol–water partition coefficient (Wildman–Crippen LogP) is 5.15. The second-order valence-electron chi connectivity index (χ2n) is 6.36. The van der Waals surface area contributed by atoms with Crippen molar-refractivity contribution >= 4 is 22.6 Å². The van der Waals surface area contributed by atoms with E-state index in [1.165, 1.54) is 6.07 Å². The number of benzene rings is 3. The van der Waals surface area contributed by atoms with Crippen LogP contribution in [-0.4, -0.2) is 5.91 Å². The van der Waals surface area contributed by atoms with Gasteiger partial charge in [0.15, 0.2) is 11.2 Å². The zero-order valence-corrected chi connectivity index (χ0v) is 15.1. The van der Waals surface area contributed by atoms with Gasteiger partial charge in [-0.25, -0.2) is 0 Å². The average molecular weight is 371 g/mol. The number of ether oxygens (including phenoxy) is 1. The molecule has 1 aromatic heterocycles. The molecule has 1 N–H and O–H groups in total. The maximum atomic E-state index is 12.4. The summed E-state index contributed by atoms with van der Waals surface area (Å²) >= 11 is 0. The molecule has 0 fully saturated rings. The first-order valence-electron chi connectivity index (χ1n) is 8.77. The van der Waals surface area contributed by atoms with Crippen LogP contribution in [0.5, 0.6) is 11.5 Å². The fourth-order valence-corrected chi connectivity index (χ4v) is 2.76. The second-order valence-corrected chi connectivity index (χ2v) is 6.36. The van der Waals surface area contributed by atoms with Crippen LogP contribution in [0.3, 0.4) is 0 Å². The number of hydrogen-bond donors (Lipinski definition) is 1. The van der Waals surface area contributed by atoms with E-state index in [9.17, 15) is 9.59 Å². The van der Waals surface area contributed by atoms with Gasteiger partial charge in [-0.2, -0.15) is 0 Å². The van der Waals surface area contributed by atoms with Crippen LogP contribution < -0.4 is 15.5 Å². The highest BCUT2D eigenvalue weighted by molar-refractivity contribution is 6.03. The van der Waals surface area contributed by atoms with Crippen molar-refractivity contribution in [3.05, 3.63) is 100 Å². The number of anilines is 1. The Morgan fingerprint density at radius 3 is 2.25 bits per heavy atom. The van der Waals surface area contributed by atoms with E-state index in [0.29, 0.717) is 22.4 Å². The topological polar surface area (TPSA) is 68.5 Å². The number of para-hydroxylation sites is 1. The van der Waals surface area contributed by atoms with Crippen LogP contribution in [0.4, 0.5) is 5.69 Å². The summed E-state index contributed by atoms with van der Waals surface area (Å²) in [7, 11) is 0. The van der Waals surface area contributed by atoms with Gasteiger partial charge in [0, 0.05) is 11.8 Å². The van der Waals surface area contributed by atoms with Crippen LogP contribution in [-0.2, 0) is 0 Å². The molecule has 0 saturated heterocycles. The summed E-state index contributed by atoms with van der Waals surface area (Å²) in [5, 5.41) is 3.16. The number of fused-ring (bicyclic) bond motifs is 1. The Morgan fingerprint density at radius 2 is 1.54 bits per heavy atom. The first kappa shape index (κ1) is 17.5. The molecule has 0 aliphatic rings. The van der Waals surface area contributed by atoms with Gasteiger partial charge in [0.2, 0.25) is 0 Å². The van der Waals surface area contributed by atoms with Crippen molar-refractivity contribution in [2.45, 2.75) is 6.92 Å². The van der Waals surface area contributed by atoms with Crippen molar-refractivity contribution < 1.29 is 13.9 Å². The number of aryl methyl sites for hydroxylation is 1. The lowest BCUT2D eigenvalue weighted by molar-refractivity contribution is 0.0997. The lowest BCUT2D eigenvalue weighted by Gasteiger charge is -2.08. The maximum absolute atomic E-state index is 12.4. The molecule has 4 rings (SSSR count). The van der Waals surface area contributed by atoms with Crippen LogP contribution in [0.2, 0.25) is 0 Å². The predicted molar refractivity (Wildman–Crippen MR) is 108 cm³/mol. The molecule has 5 heteroatoms. The molecule has 0 saturated carbocycles. The minimum atomic E-state index is -0.491. The zero-order chi connectivity index (χ0) is 19.5. The Balaban J connectivity index is 1.49. The molecule has 0 radical (unpaired) electrons. The number of rotatable bonds is 4. The van der Waals surface area contributed by atoms with E-state index in [1.807, 2.05) is 31.2 Å². The van der Waals surface area contributed by atoms with Gasteiger partial charge in [0.05, 0.1) is 5.39 Å². The Bertz CT molecular complexity index is 1190. The number of carbonyl (C=O) groups excluding carboxylic acids is 1. The molecule has 1 heterocycles. The van der Waals surface area contributed by atoms with Gasteiger partial charge < -0.3 is 14.5 Å². The molecular weight excluding hydrogens is 354 g/mol. The van der Waals surface area contributed by atoms with E-state index < -0.39 is 5.91 Å². The molecular formula is C23H17NO4. The van der Waals surface area contributed by atoms with Gasteiger partial charge in [-0.05, 0) is 55.5 Å². The quantitative estimate of drug-likeness (QED) is 0.539. The largest absolute Gasteiger partial charge is 0.457 e. The summed E-state index contributed by atoms with van der Waals surface area (Å²) in [6.45, 7) is 2.01. The summed E-state index contributed by atoms with van der Waals surface area (Å²) in [4.78, 5) is 24.6. The first-order chi connectivity index (χ1) is 13.6. The van der Waals surface area contributed by atoms with Crippen LogP contribution in [0.15, 0.2) is 88.1 Å². The summed E-state index contributed by atoms with van der Waals surface area (Å²) in [6, 6.07) is 22.7. The third-order valence-electron chi connectivity index (χ3n) is 4.23. The molecule has 0 aliphatic heterocycles. The monoisotopic (exact) mass is 371 g/mol. The molecule has 0 spiro atoms. The third-order valence-corrected chi connectivity index (χ3v) is 4.23. The minimum absolute atomic E-state index is 0.0383. The fraction of sp³-hybridized carbons (Fsp3) is 0.0435. The maximum Gasteiger partial charge on any atom is 0.291 e. The molecule has 0 atom stereocenters. The standard InChI is InChI=1S/C23H17NO4/c1-15-6-10-17(11-7-15)27-18-12-8-16(9-13-18)24-23(26)22-14-20(25)19-4-2-3-5-21(19)28-22/h2-14H,1H3,(H,24,26). The molecule has 0 aliphatic carbocycles. The molecule has 28 heavy (non-hydrogen) atoms. The van der Waals surface area contributed by atoms with Gasteiger partial charge in [0.25, 0.3) is 5.91 Å². The van der Waals surface area contributed by atoms with Crippen molar-refractivity contribution in [2.24, 2.45) is 0 Å². The van der Waals surface area contributed by atoms with Crippen molar-refractivity contribution in [1.82, 2.24) is 0 Å². The lowest BCUT2D eigenvalue weighted by Crippen LogP contribution is -2.14. The smallest absolute Gasteiger partial charge is 0.291 e. The highest BCUT2D eigenvalue weighted by atomic mass is 16.5. The first-order valence-corrected chi connectivity index (χ1v) is 8.77. The van der Waals surface area contributed by atoms with Gasteiger partial charge in [0.1, 0.15) is 17.1 Å². The van der Waals surface area contributed by atoms with Crippen molar-refractivity contribution in [1.29, 1.82) is 0 Å². The molecule has 1 amide bonds. The summed E-state index contributed by atoms with van der Waals surface area (Å²) in [5.74, 6) is 0.859. The SMILES string of the molecule is Cc1ccc(Oc2ccc(NC(=O)c3cc(=O)c4ccccc4o3)cc2)cc1. The number of nitrogens with one attached hydrogen (secondary N) is 1. The average Bonchev–Trinajstić information content (AvgIpc) is 2.71. The van der Waals surface area contributed by atoms with E-state index in [2.05, 4.69) is 5.32 Å². The summed E-state index contributed by atoms with van der Waals surface area (Å²) in [6.07, 6.45) is 0. The van der Waals surface area contributed by atoms with E-state index in [-0.39, 0.29) is 11.2 Å². The normalized spacial score (nSPS) is 10.6.